The second kappa shape index (κ2) is 9.27. The van der Waals surface area contributed by atoms with Gasteiger partial charge in [0.1, 0.15) is 17.4 Å². The van der Waals surface area contributed by atoms with Gasteiger partial charge in [-0.1, -0.05) is 23.5 Å². The van der Waals surface area contributed by atoms with Crippen molar-refractivity contribution in [2.45, 2.75) is 17.9 Å². The number of hydrogen-bond donors (Lipinski definition) is 1. The van der Waals surface area contributed by atoms with Gasteiger partial charge in [-0.05, 0) is 43.3 Å². The maximum atomic E-state index is 14.4. The summed E-state index contributed by atoms with van der Waals surface area (Å²) >= 11 is 1.10. The highest BCUT2D eigenvalue weighted by Crippen LogP contribution is 2.26. The molecule has 1 N–H and O–H groups in total. The second-order valence-electron chi connectivity index (χ2n) is 8.23. The number of benzene rings is 2. The molecule has 184 valence electrons. The van der Waals surface area contributed by atoms with Crippen LogP contribution in [0, 0.1) is 5.82 Å². The molecule has 35 heavy (non-hydrogen) atoms. The van der Waals surface area contributed by atoms with Gasteiger partial charge in [-0.2, -0.15) is 0 Å². The Hall–Kier alpha value is -3.51. The van der Waals surface area contributed by atoms with Crippen LogP contribution in [0.4, 0.5) is 15.2 Å². The molecule has 2 aromatic heterocycles. The van der Waals surface area contributed by atoms with Crippen molar-refractivity contribution in [2.24, 2.45) is 0 Å². The van der Waals surface area contributed by atoms with Crippen molar-refractivity contribution in [1.82, 2.24) is 19.7 Å². The molecule has 0 unspecified atom stereocenters. The van der Waals surface area contributed by atoms with Crippen molar-refractivity contribution in [3.05, 3.63) is 66.1 Å². The first-order valence-corrected chi connectivity index (χ1v) is 13.4. The third kappa shape index (κ3) is 4.58. The van der Waals surface area contributed by atoms with Gasteiger partial charge in [0, 0.05) is 44.9 Å². The normalized spacial score (nSPS) is 15.4. The number of hydrogen-bond acceptors (Lipinski definition) is 7. The number of aromatic nitrogens is 3. The lowest BCUT2D eigenvalue weighted by Gasteiger charge is -2.37. The lowest BCUT2D eigenvalue weighted by molar-refractivity contribution is -0.134. The summed E-state index contributed by atoms with van der Waals surface area (Å²) in [6, 6.07) is 12.8. The Bertz CT molecular complexity index is 1450. The Kier molecular flexibility index (Phi) is 6.15. The Morgan fingerprint density at radius 2 is 1.86 bits per heavy atom. The average molecular weight is 517 g/mol. The molecular formula is C23H25FN6O3S2. The van der Waals surface area contributed by atoms with Crippen molar-refractivity contribution in [2.75, 3.05) is 35.8 Å². The smallest absolute Gasteiger partial charge is 0.263 e. The number of nitrogens with zero attached hydrogens (tertiary/aromatic N) is 5. The Labute approximate surface area is 207 Å². The average Bonchev–Trinajstić information content (AvgIpc) is 3.54. The van der Waals surface area contributed by atoms with Crippen molar-refractivity contribution in [3.63, 3.8) is 0 Å². The third-order valence-corrected chi connectivity index (χ3v) is 8.24. The van der Waals surface area contributed by atoms with Crippen molar-refractivity contribution < 1.29 is 19.0 Å². The zero-order chi connectivity index (χ0) is 24.6. The van der Waals surface area contributed by atoms with Gasteiger partial charge in [0.15, 0.2) is 0 Å². The van der Waals surface area contributed by atoms with Gasteiger partial charge >= 0.3 is 0 Å². The van der Waals surface area contributed by atoms with E-state index in [4.69, 9.17) is 0 Å². The number of rotatable bonds is 6. The molecule has 0 bridgehead atoms. The lowest BCUT2D eigenvalue weighted by Crippen LogP contribution is -2.50. The number of para-hydroxylation sites is 1. The molecule has 0 radical (unpaired) electrons. The second-order valence-corrected chi connectivity index (χ2v) is 10.7. The van der Waals surface area contributed by atoms with Crippen molar-refractivity contribution in [1.29, 1.82) is 0 Å². The summed E-state index contributed by atoms with van der Waals surface area (Å²) in [6.07, 6.45) is 1.75. The maximum Gasteiger partial charge on any atom is 0.263 e. The molecule has 5 rings (SSSR count). The van der Waals surface area contributed by atoms with E-state index in [1.807, 2.05) is 12.1 Å². The molecule has 4 aromatic rings. The molecule has 3 heterocycles. The molecule has 9 nitrogen and oxygen atoms in total. The number of carbonyl (C=O) groups excluding carboxylic acids is 1. The number of anilines is 2. The molecule has 1 aliphatic heterocycles. The van der Waals surface area contributed by atoms with Crippen LogP contribution in [0.3, 0.4) is 0 Å². The highest BCUT2D eigenvalue weighted by Gasteiger charge is 2.27. The molecule has 1 amide bonds. The van der Waals surface area contributed by atoms with Gasteiger partial charge in [0.05, 0.1) is 10.4 Å². The summed E-state index contributed by atoms with van der Waals surface area (Å²) < 4.78 is 43.5. The van der Waals surface area contributed by atoms with Crippen LogP contribution in [0.1, 0.15) is 14.4 Å². The fourth-order valence-electron chi connectivity index (χ4n) is 4.29. The number of sulfonamides is 1. The largest absolute Gasteiger partial charge is 0.368 e. The van der Waals surface area contributed by atoms with E-state index in [1.54, 1.807) is 52.9 Å². The predicted octanol–water partition coefficient (Wildman–Crippen LogP) is 3.59. The van der Waals surface area contributed by atoms with E-state index in [9.17, 15) is 17.6 Å². The molecule has 2 aromatic carbocycles. The van der Waals surface area contributed by atoms with Crippen LogP contribution in [0.15, 0.2) is 65.1 Å². The number of carbonyl (C=O) groups is 1. The highest BCUT2D eigenvalue weighted by molar-refractivity contribution is 7.93. The standard InChI is InChI=1S/C23H23FN6O3S2.H2/c1-16(30-10-9-17-3-2-4-20(24)21(17)30)22(31)29-13-11-28(12-14-29)18-5-7-19(8-6-18)35(32,33)27-23-26-25-15-34-23;/h2-10,15-16H,11-14H2,1H3,(H,26,27);1H/t16-;/m0./s1. The number of fused-ring (bicyclic) bond motifs is 1. The summed E-state index contributed by atoms with van der Waals surface area (Å²) in [4.78, 5) is 17.2. The summed E-state index contributed by atoms with van der Waals surface area (Å²) in [6.45, 7) is 4.03. The van der Waals surface area contributed by atoms with Gasteiger partial charge in [-0.3, -0.25) is 9.52 Å². The molecule has 0 saturated carbocycles. The Morgan fingerprint density at radius 1 is 1.11 bits per heavy atom. The van der Waals surface area contributed by atoms with Crippen LogP contribution in [0.5, 0.6) is 0 Å². The summed E-state index contributed by atoms with van der Waals surface area (Å²) in [5.74, 6) is -0.407. The fourth-order valence-corrected chi connectivity index (χ4v) is 5.99. The van der Waals surface area contributed by atoms with E-state index < -0.39 is 16.1 Å². The minimum Gasteiger partial charge on any atom is -0.368 e. The van der Waals surface area contributed by atoms with Gasteiger partial charge < -0.3 is 14.4 Å². The predicted molar refractivity (Wildman–Crippen MR) is 135 cm³/mol. The first kappa shape index (κ1) is 23.2. The van der Waals surface area contributed by atoms with Gasteiger partial charge in [-0.25, -0.2) is 12.8 Å². The molecule has 1 aliphatic rings. The number of halogens is 1. The summed E-state index contributed by atoms with van der Waals surface area (Å²) in [5, 5.41) is 8.30. The minimum atomic E-state index is -3.74. The molecule has 1 atom stereocenters. The maximum absolute atomic E-state index is 14.4. The SMILES string of the molecule is C[C@@H](C(=O)N1CCN(c2ccc(S(=O)(=O)Nc3nncs3)cc2)CC1)n1ccc2cccc(F)c21.[HH]. The Morgan fingerprint density at radius 3 is 2.54 bits per heavy atom. The summed E-state index contributed by atoms with van der Waals surface area (Å²) in [7, 11) is -3.74. The summed E-state index contributed by atoms with van der Waals surface area (Å²) in [5.41, 5.74) is 2.76. The van der Waals surface area contributed by atoms with Crippen molar-refractivity contribution in [3.8, 4) is 0 Å². The molecule has 0 aliphatic carbocycles. The van der Waals surface area contributed by atoms with Crippen LogP contribution in [0.25, 0.3) is 10.9 Å². The van der Waals surface area contributed by atoms with Crippen molar-refractivity contribution >= 4 is 49.0 Å². The van der Waals surface area contributed by atoms with Crippen LogP contribution in [-0.2, 0) is 14.8 Å². The topological polar surface area (TPSA) is 100 Å². The van der Waals surface area contributed by atoms with Crippen LogP contribution in [-0.4, -0.2) is 60.2 Å². The van der Waals surface area contributed by atoms with E-state index >= 15 is 0 Å². The van der Waals surface area contributed by atoms with E-state index in [1.165, 1.54) is 11.6 Å². The van der Waals surface area contributed by atoms with Gasteiger partial charge in [-0.15, -0.1) is 10.2 Å². The number of piperazine rings is 1. The van der Waals surface area contributed by atoms with Gasteiger partial charge in [0.25, 0.3) is 10.0 Å². The molecule has 1 fully saturated rings. The van der Waals surface area contributed by atoms with Crippen LogP contribution in [0.2, 0.25) is 0 Å². The molecular weight excluding hydrogens is 491 g/mol. The zero-order valence-corrected chi connectivity index (χ0v) is 20.5. The van der Waals surface area contributed by atoms with Crippen LogP contribution < -0.4 is 9.62 Å². The zero-order valence-electron chi connectivity index (χ0n) is 18.8. The molecule has 1 saturated heterocycles. The first-order chi connectivity index (χ1) is 16.8. The van der Waals surface area contributed by atoms with Gasteiger partial charge in [0.2, 0.25) is 11.0 Å². The third-order valence-electron chi connectivity index (χ3n) is 6.15. The fraction of sp³-hybridized carbons (Fsp3) is 0.261. The van der Waals surface area contributed by atoms with Crippen LogP contribution >= 0.6 is 11.3 Å². The molecule has 12 heteroatoms. The quantitative estimate of drug-likeness (QED) is 0.420. The van der Waals surface area contributed by atoms with E-state index in [2.05, 4.69) is 19.8 Å². The highest BCUT2D eigenvalue weighted by atomic mass is 32.2. The number of amides is 1. The monoisotopic (exact) mass is 516 g/mol. The first-order valence-electron chi connectivity index (χ1n) is 11.0. The van der Waals surface area contributed by atoms with E-state index in [-0.39, 0.29) is 23.2 Å². The minimum absolute atomic E-state index is 0. The Balaban J connectivity index is 0.00000304. The number of nitrogens with one attached hydrogen (secondary N) is 1. The lowest BCUT2D eigenvalue weighted by atomic mass is 10.2. The molecule has 0 spiro atoms. The van der Waals surface area contributed by atoms with E-state index in [0.717, 1.165) is 22.4 Å². The van der Waals surface area contributed by atoms with E-state index in [0.29, 0.717) is 31.7 Å².